The summed E-state index contributed by atoms with van der Waals surface area (Å²) in [6.45, 7) is 2.06. The minimum atomic E-state index is -0.121. The molecule has 0 spiro atoms. The number of H-pyrrole nitrogens is 2. The van der Waals surface area contributed by atoms with E-state index in [2.05, 4.69) is 17.1 Å². The molecule has 1 aliphatic rings. The minimum absolute atomic E-state index is 0.121. The van der Waals surface area contributed by atoms with Crippen molar-refractivity contribution >= 4 is 12.2 Å². The summed E-state index contributed by atoms with van der Waals surface area (Å²) in [5, 5.41) is 5.16. The van der Waals surface area contributed by atoms with Gasteiger partial charge in [-0.15, -0.1) is 0 Å². The molecule has 1 saturated carbocycles. The maximum atomic E-state index is 11.3. The molecule has 1 unspecified atom stereocenters. The van der Waals surface area contributed by atoms with Crippen LogP contribution in [0.25, 0.3) is 0 Å². The largest absolute Gasteiger partial charge is 0.342 e. The van der Waals surface area contributed by atoms with Crippen LogP contribution in [-0.2, 0) is 0 Å². The molecule has 0 amide bonds. The first-order valence-corrected chi connectivity index (χ1v) is 5.00. The van der Waals surface area contributed by atoms with Crippen molar-refractivity contribution in [1.29, 1.82) is 0 Å². The number of nitrogens with zero attached hydrogens (tertiary/aromatic N) is 1. The van der Waals surface area contributed by atoms with Crippen molar-refractivity contribution in [3.05, 3.63) is 15.3 Å². The van der Waals surface area contributed by atoms with Crippen LogP contribution in [0.5, 0.6) is 0 Å². The van der Waals surface area contributed by atoms with Crippen LogP contribution < -0.4 is 5.69 Å². The van der Waals surface area contributed by atoms with E-state index in [1.807, 2.05) is 0 Å². The Bertz CT molecular complexity index is 371. The smallest absolute Gasteiger partial charge is 0.272 e. The lowest BCUT2D eigenvalue weighted by Crippen LogP contribution is -2.29. The van der Waals surface area contributed by atoms with E-state index in [9.17, 15) is 4.79 Å². The summed E-state index contributed by atoms with van der Waals surface area (Å²) in [5.41, 5.74) is -0.121. The molecule has 13 heavy (non-hydrogen) atoms. The van der Waals surface area contributed by atoms with Crippen LogP contribution in [0.3, 0.4) is 0 Å². The van der Waals surface area contributed by atoms with Crippen molar-refractivity contribution in [2.24, 2.45) is 5.92 Å². The van der Waals surface area contributed by atoms with Crippen molar-refractivity contribution in [2.45, 2.75) is 32.2 Å². The highest BCUT2D eigenvalue weighted by atomic mass is 32.1. The van der Waals surface area contributed by atoms with E-state index >= 15 is 0 Å². The van der Waals surface area contributed by atoms with Crippen molar-refractivity contribution in [3.8, 4) is 0 Å². The van der Waals surface area contributed by atoms with Crippen LogP contribution in [0.1, 0.15) is 32.2 Å². The lowest BCUT2D eigenvalue weighted by atomic mass is 9.80. The first kappa shape index (κ1) is 8.74. The molecule has 1 aliphatic carbocycles. The minimum Gasteiger partial charge on any atom is -0.272 e. The first-order chi connectivity index (χ1) is 6.20. The Kier molecular flexibility index (Phi) is 2.11. The van der Waals surface area contributed by atoms with Crippen LogP contribution in [0.2, 0.25) is 0 Å². The number of hydrogen-bond donors (Lipinski definition) is 2. The zero-order chi connectivity index (χ0) is 9.42. The fraction of sp³-hybridized carbons (Fsp3) is 0.750. The second kappa shape index (κ2) is 3.14. The standard InChI is InChI=1S/C8H13N3OS/c1-5(6-3-2-4-6)11-7(12)9-10-8(11)13/h5-6H,2-4H2,1H3,(H,9,12)(H,10,13). The SMILES string of the molecule is CC(C1CCC1)n1c(=O)[nH][nH]c1=S. The van der Waals surface area contributed by atoms with Gasteiger partial charge in [-0.25, -0.2) is 9.89 Å². The lowest BCUT2D eigenvalue weighted by molar-refractivity contribution is 0.218. The van der Waals surface area contributed by atoms with E-state index in [1.54, 1.807) is 4.57 Å². The molecule has 1 aromatic heterocycles. The van der Waals surface area contributed by atoms with Crippen LogP contribution >= 0.6 is 12.2 Å². The number of nitrogens with one attached hydrogen (secondary N) is 2. The molecule has 2 rings (SSSR count). The fourth-order valence-corrected chi connectivity index (χ4v) is 2.12. The molecule has 1 fully saturated rings. The molecule has 1 aromatic rings. The summed E-state index contributed by atoms with van der Waals surface area (Å²) in [5.74, 6) is 0.628. The highest BCUT2D eigenvalue weighted by Gasteiger charge is 2.26. The van der Waals surface area contributed by atoms with Crippen LogP contribution in [0, 0.1) is 10.7 Å². The molecule has 2 N–H and O–H groups in total. The summed E-state index contributed by atoms with van der Waals surface area (Å²) in [6.07, 6.45) is 3.71. The number of aromatic amines is 2. The highest BCUT2D eigenvalue weighted by molar-refractivity contribution is 7.71. The molecule has 1 heterocycles. The zero-order valence-electron chi connectivity index (χ0n) is 7.54. The van der Waals surface area contributed by atoms with E-state index in [0.717, 1.165) is 0 Å². The van der Waals surface area contributed by atoms with E-state index < -0.39 is 0 Å². The quantitative estimate of drug-likeness (QED) is 0.711. The van der Waals surface area contributed by atoms with Crippen molar-refractivity contribution in [2.75, 3.05) is 0 Å². The third kappa shape index (κ3) is 1.37. The Morgan fingerprint density at radius 1 is 1.54 bits per heavy atom. The van der Waals surface area contributed by atoms with E-state index in [-0.39, 0.29) is 11.7 Å². The highest BCUT2D eigenvalue weighted by Crippen LogP contribution is 2.35. The molecule has 72 valence electrons. The third-order valence-electron chi connectivity index (χ3n) is 2.95. The predicted octanol–water partition coefficient (Wildman–Crippen LogP) is 1.60. The molecule has 0 saturated heterocycles. The van der Waals surface area contributed by atoms with Gasteiger partial charge in [-0.2, -0.15) is 0 Å². The number of aromatic nitrogens is 3. The van der Waals surface area contributed by atoms with Crippen LogP contribution in [0.15, 0.2) is 4.79 Å². The fourth-order valence-electron chi connectivity index (χ4n) is 1.82. The Labute approximate surface area is 81.0 Å². The van der Waals surface area contributed by atoms with Gasteiger partial charge in [0.2, 0.25) is 0 Å². The maximum Gasteiger partial charge on any atom is 0.342 e. The summed E-state index contributed by atoms with van der Waals surface area (Å²) in [4.78, 5) is 11.3. The molecule has 4 nitrogen and oxygen atoms in total. The maximum absolute atomic E-state index is 11.3. The molecule has 0 bridgehead atoms. The topological polar surface area (TPSA) is 53.6 Å². The number of hydrogen-bond acceptors (Lipinski definition) is 2. The zero-order valence-corrected chi connectivity index (χ0v) is 8.36. The summed E-state index contributed by atoms with van der Waals surface area (Å²) >= 11 is 5.02. The normalized spacial score (nSPS) is 19.8. The Morgan fingerprint density at radius 3 is 2.62 bits per heavy atom. The molecule has 0 radical (unpaired) electrons. The van der Waals surface area contributed by atoms with Gasteiger partial charge in [0.15, 0.2) is 4.77 Å². The third-order valence-corrected chi connectivity index (χ3v) is 3.25. The summed E-state index contributed by atoms with van der Waals surface area (Å²) in [7, 11) is 0. The average Bonchev–Trinajstić information content (AvgIpc) is 2.27. The predicted molar refractivity (Wildman–Crippen MR) is 52.3 cm³/mol. The van der Waals surface area contributed by atoms with Gasteiger partial charge >= 0.3 is 5.69 Å². The van der Waals surface area contributed by atoms with Gasteiger partial charge in [0.05, 0.1) is 0 Å². The molecular formula is C8H13N3OS. The van der Waals surface area contributed by atoms with Gasteiger partial charge in [-0.1, -0.05) is 6.42 Å². The van der Waals surface area contributed by atoms with Crippen molar-refractivity contribution in [1.82, 2.24) is 14.8 Å². The first-order valence-electron chi connectivity index (χ1n) is 4.59. The Hall–Kier alpha value is -0.840. The molecule has 5 heteroatoms. The van der Waals surface area contributed by atoms with Crippen molar-refractivity contribution < 1.29 is 0 Å². The molecule has 1 atom stereocenters. The summed E-state index contributed by atoms with van der Waals surface area (Å²) < 4.78 is 2.14. The van der Waals surface area contributed by atoms with Gasteiger partial charge in [0.1, 0.15) is 0 Å². The number of rotatable bonds is 2. The van der Waals surface area contributed by atoms with E-state index in [0.29, 0.717) is 10.7 Å². The lowest BCUT2D eigenvalue weighted by Gasteiger charge is -2.31. The van der Waals surface area contributed by atoms with Crippen LogP contribution in [0.4, 0.5) is 0 Å². The average molecular weight is 199 g/mol. The second-order valence-electron chi connectivity index (χ2n) is 3.66. The van der Waals surface area contributed by atoms with Crippen LogP contribution in [-0.4, -0.2) is 14.8 Å². The van der Waals surface area contributed by atoms with Gasteiger partial charge in [0.25, 0.3) is 0 Å². The van der Waals surface area contributed by atoms with Gasteiger partial charge in [0, 0.05) is 6.04 Å². The molecular weight excluding hydrogens is 186 g/mol. The Balaban J connectivity index is 2.33. The second-order valence-corrected chi connectivity index (χ2v) is 4.05. The molecule has 0 aliphatic heterocycles. The summed E-state index contributed by atoms with van der Waals surface area (Å²) in [6, 6.07) is 0.233. The monoisotopic (exact) mass is 199 g/mol. The van der Waals surface area contributed by atoms with E-state index in [4.69, 9.17) is 12.2 Å². The Morgan fingerprint density at radius 2 is 2.23 bits per heavy atom. The van der Waals surface area contributed by atoms with Gasteiger partial charge < -0.3 is 0 Å². The van der Waals surface area contributed by atoms with Gasteiger partial charge in [-0.05, 0) is 37.9 Å². The van der Waals surface area contributed by atoms with Crippen molar-refractivity contribution in [3.63, 3.8) is 0 Å². The van der Waals surface area contributed by atoms with E-state index in [1.165, 1.54) is 19.3 Å². The van der Waals surface area contributed by atoms with Gasteiger partial charge in [-0.3, -0.25) is 9.67 Å². The molecule has 0 aromatic carbocycles.